The molecule has 0 radical (unpaired) electrons. The Morgan fingerprint density at radius 1 is 1.04 bits per heavy atom. The lowest BCUT2D eigenvalue weighted by Crippen LogP contribution is -2.14. The van der Waals surface area contributed by atoms with Crippen molar-refractivity contribution in [1.29, 1.82) is 0 Å². The molecule has 1 amide bonds. The van der Waals surface area contributed by atoms with Crippen molar-refractivity contribution in [2.45, 2.75) is 19.8 Å². The van der Waals surface area contributed by atoms with Crippen molar-refractivity contribution in [1.82, 2.24) is 0 Å². The van der Waals surface area contributed by atoms with E-state index in [2.05, 4.69) is 12.2 Å². The number of rotatable bonds is 9. The van der Waals surface area contributed by atoms with Gasteiger partial charge in [-0.1, -0.05) is 19.1 Å². The van der Waals surface area contributed by atoms with Crippen LogP contribution in [0.25, 0.3) is 0 Å². The van der Waals surface area contributed by atoms with Gasteiger partial charge in [0.05, 0.1) is 13.0 Å². The van der Waals surface area contributed by atoms with Crippen LogP contribution in [-0.2, 0) is 11.2 Å². The van der Waals surface area contributed by atoms with E-state index >= 15 is 0 Å². The molecular formula is C19H24N2O3. The maximum absolute atomic E-state index is 12.2. The normalized spacial score (nSPS) is 10.2. The van der Waals surface area contributed by atoms with Crippen LogP contribution in [0.2, 0.25) is 0 Å². The first-order valence-electron chi connectivity index (χ1n) is 8.15. The third kappa shape index (κ3) is 5.93. The highest BCUT2D eigenvalue weighted by atomic mass is 16.5. The maximum Gasteiger partial charge on any atom is 0.228 e. The molecule has 0 aromatic heterocycles. The van der Waals surface area contributed by atoms with Gasteiger partial charge in [0.15, 0.2) is 0 Å². The fourth-order valence-electron chi connectivity index (χ4n) is 2.17. The molecule has 2 aromatic carbocycles. The molecule has 0 unspecified atom stereocenters. The zero-order chi connectivity index (χ0) is 17.2. The second kappa shape index (κ2) is 9.57. The van der Waals surface area contributed by atoms with Gasteiger partial charge in [0.1, 0.15) is 18.1 Å². The molecule has 128 valence electrons. The average molecular weight is 328 g/mol. The van der Waals surface area contributed by atoms with Gasteiger partial charge in [-0.3, -0.25) is 4.79 Å². The van der Waals surface area contributed by atoms with Gasteiger partial charge >= 0.3 is 0 Å². The number of benzene rings is 2. The van der Waals surface area contributed by atoms with Crippen LogP contribution in [-0.4, -0.2) is 25.7 Å². The highest BCUT2D eigenvalue weighted by Gasteiger charge is 2.06. The molecule has 0 aliphatic heterocycles. The number of amides is 1. The van der Waals surface area contributed by atoms with Crippen LogP contribution >= 0.6 is 0 Å². The molecule has 0 saturated carbocycles. The minimum atomic E-state index is -0.0710. The fourth-order valence-corrected chi connectivity index (χ4v) is 2.17. The Labute approximate surface area is 142 Å². The zero-order valence-electron chi connectivity index (χ0n) is 14.0. The Kier molecular flexibility index (Phi) is 7.11. The van der Waals surface area contributed by atoms with E-state index in [9.17, 15) is 4.79 Å². The zero-order valence-corrected chi connectivity index (χ0v) is 14.0. The molecule has 0 aliphatic rings. The molecule has 0 heterocycles. The van der Waals surface area contributed by atoms with Crippen LogP contribution in [0.1, 0.15) is 18.9 Å². The lowest BCUT2D eigenvalue weighted by Gasteiger charge is -2.09. The summed E-state index contributed by atoms with van der Waals surface area (Å²) in [5, 5.41) is 2.88. The Morgan fingerprint density at radius 3 is 2.50 bits per heavy atom. The van der Waals surface area contributed by atoms with Gasteiger partial charge in [-0.05, 0) is 48.4 Å². The number of nitrogens with one attached hydrogen (secondary N) is 1. The summed E-state index contributed by atoms with van der Waals surface area (Å²) >= 11 is 0. The standard InChI is InChI=1S/C19H24N2O3/c1-2-11-23-18-5-3-4-15(13-18)14-19(22)21-16-6-8-17(9-7-16)24-12-10-20/h3-9,13H,2,10-12,14,20H2,1H3,(H,21,22). The monoisotopic (exact) mass is 328 g/mol. The number of ether oxygens (including phenoxy) is 2. The van der Waals surface area contributed by atoms with Gasteiger partial charge in [-0.2, -0.15) is 0 Å². The van der Waals surface area contributed by atoms with Crippen molar-refractivity contribution in [2.24, 2.45) is 5.73 Å². The predicted octanol–water partition coefficient (Wildman–Crippen LogP) is 2.99. The van der Waals surface area contributed by atoms with E-state index in [1.54, 1.807) is 0 Å². The second-order valence-corrected chi connectivity index (χ2v) is 5.38. The first kappa shape index (κ1) is 17.8. The SMILES string of the molecule is CCCOc1cccc(CC(=O)Nc2ccc(OCCN)cc2)c1. The van der Waals surface area contributed by atoms with Gasteiger partial charge in [-0.25, -0.2) is 0 Å². The summed E-state index contributed by atoms with van der Waals surface area (Å²) in [5.74, 6) is 1.46. The molecule has 3 N–H and O–H groups in total. The summed E-state index contributed by atoms with van der Waals surface area (Å²) in [6.45, 7) is 3.68. The molecule has 24 heavy (non-hydrogen) atoms. The first-order chi connectivity index (χ1) is 11.7. The lowest BCUT2D eigenvalue weighted by molar-refractivity contribution is -0.115. The van der Waals surface area contributed by atoms with E-state index < -0.39 is 0 Å². The molecule has 5 nitrogen and oxygen atoms in total. The van der Waals surface area contributed by atoms with E-state index in [-0.39, 0.29) is 5.91 Å². The Hall–Kier alpha value is -2.53. The van der Waals surface area contributed by atoms with Crippen molar-refractivity contribution < 1.29 is 14.3 Å². The van der Waals surface area contributed by atoms with Gasteiger partial charge < -0.3 is 20.5 Å². The van der Waals surface area contributed by atoms with Crippen molar-refractivity contribution in [3.05, 3.63) is 54.1 Å². The first-order valence-corrected chi connectivity index (χ1v) is 8.15. The van der Waals surface area contributed by atoms with Crippen molar-refractivity contribution in [3.8, 4) is 11.5 Å². The molecule has 0 bridgehead atoms. The fraction of sp³-hybridized carbons (Fsp3) is 0.316. The van der Waals surface area contributed by atoms with E-state index in [1.807, 2.05) is 48.5 Å². The Balaban J connectivity index is 1.88. The summed E-state index contributed by atoms with van der Waals surface area (Å²) in [5.41, 5.74) is 7.05. The highest BCUT2D eigenvalue weighted by molar-refractivity contribution is 5.92. The molecule has 0 atom stereocenters. The van der Waals surface area contributed by atoms with Crippen LogP contribution in [0, 0.1) is 0 Å². The van der Waals surface area contributed by atoms with Crippen LogP contribution in [0.4, 0.5) is 5.69 Å². The van der Waals surface area contributed by atoms with Gasteiger partial charge in [0.25, 0.3) is 0 Å². The van der Waals surface area contributed by atoms with E-state index in [4.69, 9.17) is 15.2 Å². The Morgan fingerprint density at radius 2 is 1.79 bits per heavy atom. The number of carbonyl (C=O) groups is 1. The van der Waals surface area contributed by atoms with Crippen LogP contribution in [0.5, 0.6) is 11.5 Å². The summed E-state index contributed by atoms with van der Waals surface area (Å²) < 4.78 is 11.0. The number of hydrogen-bond acceptors (Lipinski definition) is 4. The quantitative estimate of drug-likeness (QED) is 0.742. The molecule has 0 spiro atoms. The van der Waals surface area contributed by atoms with Crippen LogP contribution in [0.15, 0.2) is 48.5 Å². The largest absolute Gasteiger partial charge is 0.494 e. The number of carbonyl (C=O) groups excluding carboxylic acids is 1. The molecule has 5 heteroatoms. The van der Waals surface area contributed by atoms with Gasteiger partial charge in [0.2, 0.25) is 5.91 Å². The van der Waals surface area contributed by atoms with Crippen molar-refractivity contribution in [2.75, 3.05) is 25.1 Å². The predicted molar refractivity (Wildman–Crippen MR) is 95.6 cm³/mol. The average Bonchev–Trinajstić information content (AvgIpc) is 2.59. The smallest absolute Gasteiger partial charge is 0.228 e. The molecule has 2 rings (SSSR count). The molecule has 0 saturated heterocycles. The molecule has 0 fully saturated rings. The lowest BCUT2D eigenvalue weighted by atomic mass is 10.1. The van der Waals surface area contributed by atoms with E-state index in [0.29, 0.717) is 26.2 Å². The molecule has 2 aromatic rings. The highest BCUT2D eigenvalue weighted by Crippen LogP contribution is 2.17. The minimum Gasteiger partial charge on any atom is -0.494 e. The Bertz CT molecular complexity index is 641. The van der Waals surface area contributed by atoms with Crippen LogP contribution in [0.3, 0.4) is 0 Å². The summed E-state index contributed by atoms with van der Waals surface area (Å²) in [6.07, 6.45) is 1.25. The van der Waals surface area contributed by atoms with Crippen molar-refractivity contribution in [3.63, 3.8) is 0 Å². The van der Waals surface area contributed by atoms with Crippen LogP contribution < -0.4 is 20.5 Å². The summed E-state index contributed by atoms with van der Waals surface area (Å²) in [7, 11) is 0. The van der Waals surface area contributed by atoms with Gasteiger partial charge in [0, 0.05) is 12.2 Å². The van der Waals surface area contributed by atoms with Crippen molar-refractivity contribution >= 4 is 11.6 Å². The third-order valence-corrected chi connectivity index (χ3v) is 3.26. The number of anilines is 1. The second-order valence-electron chi connectivity index (χ2n) is 5.38. The van der Waals surface area contributed by atoms with E-state index in [0.717, 1.165) is 29.2 Å². The summed E-state index contributed by atoms with van der Waals surface area (Å²) in [6, 6.07) is 14.9. The maximum atomic E-state index is 12.2. The molecule has 0 aliphatic carbocycles. The van der Waals surface area contributed by atoms with E-state index in [1.165, 1.54) is 0 Å². The third-order valence-electron chi connectivity index (χ3n) is 3.26. The topological polar surface area (TPSA) is 73.6 Å². The minimum absolute atomic E-state index is 0.0710. The summed E-state index contributed by atoms with van der Waals surface area (Å²) in [4.78, 5) is 12.2. The number of hydrogen-bond donors (Lipinski definition) is 2. The number of nitrogens with two attached hydrogens (primary N) is 1. The van der Waals surface area contributed by atoms with Gasteiger partial charge in [-0.15, -0.1) is 0 Å². The molecular weight excluding hydrogens is 304 g/mol.